The molecule has 3 rings (SSSR count). The summed E-state index contributed by atoms with van der Waals surface area (Å²) in [7, 11) is 0. The Morgan fingerprint density at radius 3 is 2.41 bits per heavy atom. The monoisotopic (exact) mass is 393 g/mol. The summed E-state index contributed by atoms with van der Waals surface area (Å²) in [6, 6.07) is 17.2. The Balaban J connectivity index is 0.00000261. The first-order valence-corrected chi connectivity index (χ1v) is 9.46. The zero-order valence-corrected chi connectivity index (χ0v) is 16.4. The molecule has 1 fully saturated rings. The molecule has 2 aromatic rings. The molecule has 0 bridgehead atoms. The lowest BCUT2D eigenvalue weighted by Gasteiger charge is -2.33. The summed E-state index contributed by atoms with van der Waals surface area (Å²) < 4.78 is 19.0. The van der Waals surface area contributed by atoms with Crippen LogP contribution in [0.15, 0.2) is 54.6 Å². The van der Waals surface area contributed by atoms with Crippen molar-refractivity contribution < 1.29 is 14.2 Å². The number of likely N-dealkylation sites (tertiary alicyclic amines) is 1. The number of rotatable bonds is 8. The zero-order valence-electron chi connectivity index (χ0n) is 15.6. The van der Waals surface area contributed by atoms with Gasteiger partial charge in [0, 0.05) is 12.1 Å². The van der Waals surface area contributed by atoms with Crippen molar-refractivity contribution in [1.82, 2.24) is 4.90 Å². The van der Waals surface area contributed by atoms with Gasteiger partial charge < -0.3 is 14.7 Å². The van der Waals surface area contributed by atoms with Crippen LogP contribution in [0.25, 0.3) is 0 Å². The third kappa shape index (κ3) is 7.23. The second-order valence-corrected chi connectivity index (χ2v) is 7.19. The van der Waals surface area contributed by atoms with E-state index in [1.807, 2.05) is 0 Å². The number of nitrogens with zero attached hydrogens (tertiary/aromatic N) is 1. The third-order valence-corrected chi connectivity index (χ3v) is 5.07. The highest BCUT2D eigenvalue weighted by Crippen LogP contribution is 2.21. The molecule has 5 heteroatoms. The molecule has 0 amide bonds. The van der Waals surface area contributed by atoms with Gasteiger partial charge >= 0.3 is 0 Å². The minimum Gasteiger partial charge on any atom is -0.389 e. The maximum absolute atomic E-state index is 13.5. The van der Waals surface area contributed by atoms with Crippen LogP contribution in [0.4, 0.5) is 4.39 Å². The van der Waals surface area contributed by atoms with Gasteiger partial charge in [0.1, 0.15) is 5.82 Å². The van der Waals surface area contributed by atoms with Crippen LogP contribution in [-0.2, 0) is 17.8 Å². The van der Waals surface area contributed by atoms with E-state index in [2.05, 4.69) is 35.2 Å². The average molecular weight is 394 g/mol. The van der Waals surface area contributed by atoms with Crippen molar-refractivity contribution in [2.45, 2.75) is 32.0 Å². The maximum atomic E-state index is 13.5. The molecule has 0 aliphatic carbocycles. The lowest BCUT2D eigenvalue weighted by Crippen LogP contribution is -2.40. The van der Waals surface area contributed by atoms with Gasteiger partial charge in [-0.25, -0.2) is 4.39 Å². The zero-order chi connectivity index (χ0) is 18.2. The van der Waals surface area contributed by atoms with Gasteiger partial charge in [-0.05, 0) is 49.9 Å². The molecular formula is C22H29ClFNO2. The topological polar surface area (TPSA) is 32.7 Å². The van der Waals surface area contributed by atoms with E-state index in [4.69, 9.17) is 4.74 Å². The van der Waals surface area contributed by atoms with Gasteiger partial charge in [-0.2, -0.15) is 0 Å². The Morgan fingerprint density at radius 2 is 1.70 bits per heavy atom. The van der Waals surface area contributed by atoms with Crippen LogP contribution in [0, 0.1) is 11.7 Å². The Bertz CT molecular complexity index is 662. The van der Waals surface area contributed by atoms with Crippen molar-refractivity contribution in [3.05, 3.63) is 71.5 Å². The SMILES string of the molecule is Cl.OC(COCc1ccccc1F)CN1CCC(Cc2ccccc2)CC1. The first-order valence-electron chi connectivity index (χ1n) is 9.46. The number of ether oxygens (including phenoxy) is 1. The predicted molar refractivity (Wildman–Crippen MR) is 109 cm³/mol. The van der Waals surface area contributed by atoms with E-state index in [1.54, 1.807) is 18.2 Å². The minimum absolute atomic E-state index is 0. The number of hydrogen-bond donors (Lipinski definition) is 1. The maximum Gasteiger partial charge on any atom is 0.128 e. The van der Waals surface area contributed by atoms with Crippen molar-refractivity contribution >= 4 is 12.4 Å². The van der Waals surface area contributed by atoms with Gasteiger partial charge in [0.05, 0.1) is 19.3 Å². The molecule has 148 valence electrons. The van der Waals surface area contributed by atoms with E-state index in [-0.39, 0.29) is 31.4 Å². The third-order valence-electron chi connectivity index (χ3n) is 5.07. The number of halogens is 2. The lowest BCUT2D eigenvalue weighted by molar-refractivity contribution is 0.00382. The van der Waals surface area contributed by atoms with Gasteiger partial charge in [-0.1, -0.05) is 48.5 Å². The standard InChI is InChI=1S/C22H28FNO2.ClH/c23-22-9-5-4-8-20(22)16-26-17-21(25)15-24-12-10-19(11-13-24)14-18-6-2-1-3-7-18;/h1-9,19,21,25H,10-17H2;1H. The second kappa shape index (κ2) is 11.4. The van der Waals surface area contributed by atoms with Gasteiger partial charge in [0.15, 0.2) is 0 Å². The molecule has 1 aliphatic heterocycles. The molecule has 2 aromatic carbocycles. The fraction of sp³-hybridized carbons (Fsp3) is 0.455. The number of aliphatic hydroxyl groups is 1. The summed E-state index contributed by atoms with van der Waals surface area (Å²) in [4.78, 5) is 2.30. The lowest BCUT2D eigenvalue weighted by atomic mass is 9.90. The normalized spacial score (nSPS) is 16.7. The molecule has 1 atom stereocenters. The summed E-state index contributed by atoms with van der Waals surface area (Å²) >= 11 is 0. The summed E-state index contributed by atoms with van der Waals surface area (Å²) in [6.07, 6.45) is 2.94. The molecule has 0 radical (unpaired) electrons. The van der Waals surface area contributed by atoms with Crippen molar-refractivity contribution in [3.63, 3.8) is 0 Å². The first kappa shape index (κ1) is 21.8. The Hall–Kier alpha value is -1.46. The summed E-state index contributed by atoms with van der Waals surface area (Å²) in [5.41, 5.74) is 1.94. The van der Waals surface area contributed by atoms with Gasteiger partial charge in [0.2, 0.25) is 0 Å². The average Bonchev–Trinajstić information content (AvgIpc) is 2.66. The molecule has 0 spiro atoms. The van der Waals surface area contributed by atoms with Crippen LogP contribution < -0.4 is 0 Å². The fourth-order valence-electron chi connectivity index (χ4n) is 3.59. The number of hydrogen-bond acceptors (Lipinski definition) is 3. The largest absolute Gasteiger partial charge is 0.389 e. The molecule has 1 saturated heterocycles. The van der Waals surface area contributed by atoms with Gasteiger partial charge in [0.25, 0.3) is 0 Å². The van der Waals surface area contributed by atoms with Crippen LogP contribution in [0.2, 0.25) is 0 Å². The van der Waals surface area contributed by atoms with Crippen LogP contribution in [0.3, 0.4) is 0 Å². The van der Waals surface area contributed by atoms with Crippen molar-refractivity contribution in [3.8, 4) is 0 Å². The summed E-state index contributed by atoms with van der Waals surface area (Å²) in [6.45, 7) is 3.08. The van der Waals surface area contributed by atoms with E-state index < -0.39 is 6.10 Å². The van der Waals surface area contributed by atoms with Crippen molar-refractivity contribution in [2.75, 3.05) is 26.2 Å². The van der Waals surface area contributed by atoms with E-state index >= 15 is 0 Å². The fourth-order valence-corrected chi connectivity index (χ4v) is 3.59. The molecule has 1 heterocycles. The van der Waals surface area contributed by atoms with Crippen LogP contribution in [0.1, 0.15) is 24.0 Å². The minimum atomic E-state index is -0.535. The van der Waals surface area contributed by atoms with E-state index in [9.17, 15) is 9.50 Å². The number of piperidine rings is 1. The first-order chi connectivity index (χ1) is 12.7. The highest BCUT2D eigenvalue weighted by Gasteiger charge is 2.21. The molecule has 3 nitrogen and oxygen atoms in total. The van der Waals surface area contributed by atoms with Crippen molar-refractivity contribution in [2.24, 2.45) is 5.92 Å². The highest BCUT2D eigenvalue weighted by atomic mass is 35.5. The van der Waals surface area contributed by atoms with E-state index in [0.29, 0.717) is 12.1 Å². The molecule has 1 N–H and O–H groups in total. The Kier molecular flexibility index (Phi) is 9.22. The van der Waals surface area contributed by atoms with Gasteiger partial charge in [-0.3, -0.25) is 0 Å². The van der Waals surface area contributed by atoms with Crippen LogP contribution in [-0.4, -0.2) is 42.4 Å². The van der Waals surface area contributed by atoms with Gasteiger partial charge in [-0.15, -0.1) is 12.4 Å². The number of β-amino-alcohol motifs (C(OH)–C–C–N with tert-alkyl or cyclic N) is 1. The molecule has 0 aromatic heterocycles. The number of aliphatic hydroxyl groups excluding tert-OH is 1. The predicted octanol–water partition coefficient (Wildman–Crippen LogP) is 4.08. The molecule has 1 unspecified atom stereocenters. The van der Waals surface area contributed by atoms with Crippen molar-refractivity contribution in [1.29, 1.82) is 0 Å². The smallest absolute Gasteiger partial charge is 0.128 e. The van der Waals surface area contributed by atoms with Crippen LogP contribution in [0.5, 0.6) is 0 Å². The highest BCUT2D eigenvalue weighted by molar-refractivity contribution is 5.85. The molecule has 27 heavy (non-hydrogen) atoms. The van der Waals surface area contributed by atoms with Crippen LogP contribution >= 0.6 is 12.4 Å². The molecular weight excluding hydrogens is 365 g/mol. The summed E-state index contributed by atoms with van der Waals surface area (Å²) in [5, 5.41) is 10.2. The molecule has 1 aliphatic rings. The number of benzene rings is 2. The second-order valence-electron chi connectivity index (χ2n) is 7.19. The Labute approximate surface area is 167 Å². The Morgan fingerprint density at radius 1 is 1.04 bits per heavy atom. The quantitative estimate of drug-likeness (QED) is 0.733. The molecule has 0 saturated carbocycles. The summed E-state index contributed by atoms with van der Waals surface area (Å²) in [5.74, 6) is 0.463. The van der Waals surface area contributed by atoms with E-state index in [0.717, 1.165) is 38.3 Å². The van der Waals surface area contributed by atoms with E-state index in [1.165, 1.54) is 11.6 Å².